The minimum Gasteiger partial charge on any atom is -0.504 e. The lowest BCUT2D eigenvalue weighted by molar-refractivity contribution is 0.0950. The van der Waals surface area contributed by atoms with E-state index in [1.807, 2.05) is 0 Å². The van der Waals surface area contributed by atoms with Crippen LogP contribution in [-0.4, -0.2) is 11.0 Å². The lowest BCUT2D eigenvalue weighted by Gasteiger charge is -2.02. The van der Waals surface area contributed by atoms with Gasteiger partial charge in [0.1, 0.15) is 0 Å². The van der Waals surface area contributed by atoms with Gasteiger partial charge >= 0.3 is 0 Å². The van der Waals surface area contributed by atoms with E-state index in [4.69, 9.17) is 10.9 Å². The molecule has 0 saturated carbocycles. The van der Waals surface area contributed by atoms with Gasteiger partial charge in [-0.15, -0.1) is 0 Å². The number of hydrogen-bond acceptors (Lipinski definition) is 3. The van der Waals surface area contributed by atoms with E-state index in [9.17, 15) is 9.18 Å². The molecule has 0 spiro atoms. The van der Waals surface area contributed by atoms with Crippen LogP contribution in [0, 0.1) is 5.82 Å². The van der Waals surface area contributed by atoms with Gasteiger partial charge in [0.2, 0.25) is 0 Å². The monoisotopic (exact) mass is 170 g/mol. The standard InChI is InChI=1S/C7H7FN2O2/c8-5-3-1-2-4(6(5)11)7(12)10-9/h1-3,11H,9H2,(H,10,12). The molecule has 0 bridgehead atoms. The van der Waals surface area contributed by atoms with E-state index in [1.54, 1.807) is 5.43 Å². The number of amides is 1. The second-order valence-electron chi connectivity index (χ2n) is 2.11. The molecular formula is C7H7FN2O2. The second-order valence-corrected chi connectivity index (χ2v) is 2.11. The predicted molar refractivity (Wildman–Crippen MR) is 39.7 cm³/mol. The predicted octanol–water partition coefficient (Wildman–Crippen LogP) is 0.135. The van der Waals surface area contributed by atoms with E-state index in [0.29, 0.717) is 0 Å². The molecule has 0 aliphatic heterocycles. The summed E-state index contributed by atoms with van der Waals surface area (Å²) in [5.41, 5.74) is 1.60. The van der Waals surface area contributed by atoms with Crippen LogP contribution in [-0.2, 0) is 0 Å². The van der Waals surface area contributed by atoms with Crippen molar-refractivity contribution in [2.75, 3.05) is 0 Å². The summed E-state index contributed by atoms with van der Waals surface area (Å²) in [6, 6.07) is 3.61. The molecule has 1 amide bonds. The second kappa shape index (κ2) is 3.19. The van der Waals surface area contributed by atoms with Crippen molar-refractivity contribution in [3.05, 3.63) is 29.6 Å². The molecule has 0 fully saturated rings. The highest BCUT2D eigenvalue weighted by Crippen LogP contribution is 2.19. The lowest BCUT2D eigenvalue weighted by atomic mass is 10.2. The molecule has 4 N–H and O–H groups in total. The van der Waals surface area contributed by atoms with Crippen molar-refractivity contribution in [3.63, 3.8) is 0 Å². The molecule has 1 aromatic carbocycles. The smallest absolute Gasteiger partial charge is 0.269 e. The molecule has 64 valence electrons. The first-order valence-electron chi connectivity index (χ1n) is 3.15. The summed E-state index contributed by atoms with van der Waals surface area (Å²) in [6.45, 7) is 0. The first kappa shape index (κ1) is 8.48. The Morgan fingerprint density at radius 2 is 2.25 bits per heavy atom. The third-order valence-electron chi connectivity index (χ3n) is 1.36. The third-order valence-corrected chi connectivity index (χ3v) is 1.36. The van der Waals surface area contributed by atoms with Crippen molar-refractivity contribution in [3.8, 4) is 5.75 Å². The first-order valence-corrected chi connectivity index (χ1v) is 3.15. The fourth-order valence-corrected chi connectivity index (χ4v) is 0.776. The number of carbonyl (C=O) groups is 1. The molecule has 0 aromatic heterocycles. The number of halogens is 1. The maximum absolute atomic E-state index is 12.6. The molecule has 1 rings (SSSR count). The normalized spacial score (nSPS) is 9.50. The first-order chi connectivity index (χ1) is 5.66. The van der Waals surface area contributed by atoms with Crippen LogP contribution in [0.1, 0.15) is 10.4 Å². The van der Waals surface area contributed by atoms with Crippen molar-refractivity contribution < 1.29 is 14.3 Å². The Bertz CT molecular complexity index is 314. The Kier molecular flexibility index (Phi) is 2.25. The number of para-hydroxylation sites is 1. The van der Waals surface area contributed by atoms with E-state index in [0.717, 1.165) is 6.07 Å². The zero-order valence-electron chi connectivity index (χ0n) is 6.04. The summed E-state index contributed by atoms with van der Waals surface area (Å²) in [6.07, 6.45) is 0. The minimum absolute atomic E-state index is 0.183. The van der Waals surface area contributed by atoms with Crippen molar-refractivity contribution in [1.82, 2.24) is 5.43 Å². The zero-order valence-corrected chi connectivity index (χ0v) is 6.04. The van der Waals surface area contributed by atoms with Crippen molar-refractivity contribution in [2.24, 2.45) is 5.84 Å². The molecule has 0 saturated heterocycles. The van der Waals surface area contributed by atoms with Gasteiger partial charge in [-0.3, -0.25) is 10.2 Å². The van der Waals surface area contributed by atoms with Crippen LogP contribution in [0.25, 0.3) is 0 Å². The Morgan fingerprint density at radius 1 is 1.58 bits per heavy atom. The van der Waals surface area contributed by atoms with E-state index in [2.05, 4.69) is 0 Å². The maximum atomic E-state index is 12.6. The van der Waals surface area contributed by atoms with E-state index < -0.39 is 17.5 Å². The fourth-order valence-electron chi connectivity index (χ4n) is 0.776. The van der Waals surface area contributed by atoms with Crippen LogP contribution in [0.5, 0.6) is 5.75 Å². The molecule has 1 aromatic rings. The largest absolute Gasteiger partial charge is 0.504 e. The van der Waals surface area contributed by atoms with Crippen molar-refractivity contribution in [1.29, 1.82) is 0 Å². The molecule has 4 nitrogen and oxygen atoms in total. The molecule has 12 heavy (non-hydrogen) atoms. The molecule has 5 heteroatoms. The lowest BCUT2D eigenvalue weighted by Crippen LogP contribution is -2.30. The molecule has 0 radical (unpaired) electrons. The number of hydrazine groups is 1. The Balaban J connectivity index is 3.16. The van der Waals surface area contributed by atoms with Gasteiger partial charge in [0.05, 0.1) is 5.56 Å². The average Bonchev–Trinajstić information content (AvgIpc) is 2.08. The number of rotatable bonds is 1. The van der Waals surface area contributed by atoms with Gasteiger partial charge in [-0.2, -0.15) is 0 Å². The topological polar surface area (TPSA) is 75.3 Å². The molecule has 0 unspecified atom stereocenters. The SMILES string of the molecule is NNC(=O)c1cccc(F)c1O. The molecule has 0 heterocycles. The fraction of sp³-hybridized carbons (Fsp3) is 0. The van der Waals surface area contributed by atoms with Gasteiger partial charge < -0.3 is 5.11 Å². The zero-order chi connectivity index (χ0) is 9.14. The van der Waals surface area contributed by atoms with Gasteiger partial charge in [-0.05, 0) is 12.1 Å². The number of nitrogen functional groups attached to an aromatic ring is 1. The number of nitrogens with two attached hydrogens (primary N) is 1. The molecule has 0 aliphatic carbocycles. The van der Waals surface area contributed by atoms with Gasteiger partial charge in [0.25, 0.3) is 5.91 Å². The Labute approximate surface area is 67.8 Å². The summed E-state index contributed by atoms with van der Waals surface area (Å²) in [7, 11) is 0. The highest BCUT2D eigenvalue weighted by Gasteiger charge is 2.12. The van der Waals surface area contributed by atoms with Crippen LogP contribution >= 0.6 is 0 Å². The van der Waals surface area contributed by atoms with Crippen LogP contribution in [0.2, 0.25) is 0 Å². The van der Waals surface area contributed by atoms with Crippen LogP contribution < -0.4 is 11.3 Å². The average molecular weight is 170 g/mol. The minimum atomic E-state index is -0.851. The number of nitrogens with one attached hydrogen (secondary N) is 1. The summed E-state index contributed by atoms with van der Waals surface area (Å²) >= 11 is 0. The van der Waals surface area contributed by atoms with E-state index in [1.165, 1.54) is 12.1 Å². The summed E-state index contributed by atoms with van der Waals surface area (Å²) in [5, 5.41) is 9.01. The van der Waals surface area contributed by atoms with E-state index >= 15 is 0 Å². The van der Waals surface area contributed by atoms with Gasteiger partial charge in [0, 0.05) is 0 Å². The Hall–Kier alpha value is -1.62. The number of phenols is 1. The highest BCUT2D eigenvalue weighted by molar-refractivity contribution is 5.96. The van der Waals surface area contributed by atoms with Gasteiger partial charge in [-0.25, -0.2) is 10.2 Å². The van der Waals surface area contributed by atoms with Crippen LogP contribution in [0.4, 0.5) is 4.39 Å². The van der Waals surface area contributed by atoms with Crippen LogP contribution in [0.3, 0.4) is 0 Å². The maximum Gasteiger partial charge on any atom is 0.269 e. The summed E-state index contributed by atoms with van der Waals surface area (Å²) in [5.74, 6) is 2.52. The van der Waals surface area contributed by atoms with Crippen molar-refractivity contribution in [2.45, 2.75) is 0 Å². The van der Waals surface area contributed by atoms with Gasteiger partial charge in [-0.1, -0.05) is 6.07 Å². The van der Waals surface area contributed by atoms with E-state index in [-0.39, 0.29) is 5.56 Å². The molecular weight excluding hydrogens is 163 g/mol. The summed E-state index contributed by atoms with van der Waals surface area (Å²) < 4.78 is 12.6. The number of hydrogen-bond donors (Lipinski definition) is 3. The quantitative estimate of drug-likeness (QED) is 0.318. The Morgan fingerprint density at radius 3 is 2.83 bits per heavy atom. The molecule has 0 aliphatic rings. The number of phenolic OH excluding ortho intramolecular Hbond substituents is 1. The number of carbonyl (C=O) groups excluding carboxylic acids is 1. The third kappa shape index (κ3) is 1.35. The van der Waals surface area contributed by atoms with Gasteiger partial charge in [0.15, 0.2) is 11.6 Å². The number of benzene rings is 1. The number of aromatic hydroxyl groups is 1. The van der Waals surface area contributed by atoms with Crippen molar-refractivity contribution >= 4 is 5.91 Å². The highest BCUT2D eigenvalue weighted by atomic mass is 19.1. The molecule has 0 atom stereocenters. The van der Waals surface area contributed by atoms with Crippen LogP contribution in [0.15, 0.2) is 18.2 Å². The summed E-state index contributed by atoms with van der Waals surface area (Å²) in [4.78, 5) is 10.8.